The van der Waals surface area contributed by atoms with E-state index in [-0.39, 0.29) is 36.4 Å². The van der Waals surface area contributed by atoms with E-state index in [9.17, 15) is 4.79 Å². The first kappa shape index (κ1) is 18.5. The van der Waals surface area contributed by atoms with Crippen LogP contribution in [0.1, 0.15) is 51.9 Å². The number of nitrogens with two attached hydrogens (primary N) is 1. The summed E-state index contributed by atoms with van der Waals surface area (Å²) in [6.45, 7) is 2.83. The van der Waals surface area contributed by atoms with Crippen molar-refractivity contribution < 1.29 is 4.79 Å². The summed E-state index contributed by atoms with van der Waals surface area (Å²) >= 11 is 0. The molecule has 0 aromatic heterocycles. The Kier molecular flexibility index (Phi) is 11.0. The molecule has 0 saturated heterocycles. The molecule has 1 aliphatic rings. The lowest BCUT2D eigenvalue weighted by molar-refractivity contribution is -0.119. The molecule has 0 heterocycles. The van der Waals surface area contributed by atoms with Crippen LogP contribution in [0.5, 0.6) is 0 Å². The number of halogens is 1. The second-order valence-electron chi connectivity index (χ2n) is 4.88. The van der Waals surface area contributed by atoms with Crippen molar-refractivity contribution in [2.24, 2.45) is 10.7 Å². The second-order valence-corrected chi connectivity index (χ2v) is 4.88. The topological polar surface area (TPSA) is 79.5 Å². The number of aliphatic imine (C=N–C) groups is 1. The third-order valence-corrected chi connectivity index (χ3v) is 3.17. The Hall–Kier alpha value is -0.530. The molecule has 4 N–H and O–H groups in total. The second kappa shape index (κ2) is 11.3. The highest BCUT2D eigenvalue weighted by Gasteiger charge is 2.12. The summed E-state index contributed by atoms with van der Waals surface area (Å²) in [4.78, 5) is 15.4. The molecule has 1 aliphatic carbocycles. The molecule has 1 amide bonds. The number of carbonyl (C=O) groups is 1. The number of hydrogen-bond donors (Lipinski definition) is 3. The molecular weight excluding hydrogens is 355 g/mol. The van der Waals surface area contributed by atoms with Gasteiger partial charge in [0, 0.05) is 12.6 Å². The van der Waals surface area contributed by atoms with Crippen LogP contribution in [0.3, 0.4) is 0 Å². The lowest BCUT2D eigenvalue weighted by Crippen LogP contribution is -2.40. The molecule has 1 fully saturated rings. The predicted octanol–water partition coefficient (Wildman–Crippen LogP) is 1.76. The molecule has 0 atom stereocenters. The molecule has 0 aromatic carbocycles. The smallest absolute Gasteiger partial charge is 0.241 e. The van der Waals surface area contributed by atoms with Crippen LogP contribution >= 0.6 is 24.0 Å². The molecule has 0 bridgehead atoms. The van der Waals surface area contributed by atoms with E-state index in [0.29, 0.717) is 18.5 Å². The van der Waals surface area contributed by atoms with Gasteiger partial charge in [-0.25, -0.2) is 4.99 Å². The van der Waals surface area contributed by atoms with Crippen LogP contribution in [-0.4, -0.2) is 31.0 Å². The van der Waals surface area contributed by atoms with Crippen molar-refractivity contribution in [2.45, 2.75) is 57.9 Å². The van der Waals surface area contributed by atoms with Gasteiger partial charge in [0.1, 0.15) is 6.54 Å². The highest BCUT2D eigenvalue weighted by atomic mass is 127. The quantitative estimate of drug-likeness (QED) is 0.293. The summed E-state index contributed by atoms with van der Waals surface area (Å²) in [5.74, 6) is 0.330. The molecular formula is C13H27IN4O. The highest BCUT2D eigenvalue weighted by molar-refractivity contribution is 14.0. The molecule has 1 rings (SSSR count). The van der Waals surface area contributed by atoms with E-state index in [2.05, 4.69) is 15.6 Å². The minimum atomic E-state index is -0.0672. The Morgan fingerprint density at radius 1 is 1.26 bits per heavy atom. The Balaban J connectivity index is 0.00000324. The average Bonchev–Trinajstić information content (AvgIpc) is 2.62. The van der Waals surface area contributed by atoms with Crippen LogP contribution in [0, 0.1) is 0 Å². The minimum absolute atomic E-state index is 0. The fourth-order valence-electron chi connectivity index (χ4n) is 2.16. The van der Waals surface area contributed by atoms with Crippen molar-refractivity contribution >= 4 is 35.8 Å². The maximum Gasteiger partial charge on any atom is 0.241 e. The van der Waals surface area contributed by atoms with Gasteiger partial charge in [0.25, 0.3) is 0 Å². The van der Waals surface area contributed by atoms with Gasteiger partial charge in [0.2, 0.25) is 5.91 Å². The van der Waals surface area contributed by atoms with Gasteiger partial charge in [-0.05, 0) is 19.3 Å². The fraction of sp³-hybridized carbons (Fsp3) is 0.846. The molecule has 0 radical (unpaired) electrons. The van der Waals surface area contributed by atoms with Crippen molar-refractivity contribution in [3.63, 3.8) is 0 Å². The van der Waals surface area contributed by atoms with Gasteiger partial charge >= 0.3 is 0 Å². The summed E-state index contributed by atoms with van der Waals surface area (Å²) in [6.07, 6.45) is 8.37. The van der Waals surface area contributed by atoms with Gasteiger partial charge in [-0.1, -0.05) is 32.6 Å². The van der Waals surface area contributed by atoms with E-state index in [0.717, 1.165) is 19.3 Å². The molecule has 1 saturated carbocycles. The van der Waals surface area contributed by atoms with Crippen LogP contribution in [-0.2, 0) is 4.79 Å². The Labute approximate surface area is 133 Å². The number of nitrogens with zero attached hydrogens (tertiary/aromatic N) is 1. The summed E-state index contributed by atoms with van der Waals surface area (Å²) in [6, 6.07) is 0.426. The number of amides is 1. The third kappa shape index (κ3) is 9.07. The summed E-state index contributed by atoms with van der Waals surface area (Å²) in [5, 5.41) is 5.99. The van der Waals surface area contributed by atoms with E-state index in [1.807, 2.05) is 6.92 Å². The third-order valence-electron chi connectivity index (χ3n) is 3.17. The van der Waals surface area contributed by atoms with Gasteiger partial charge in [-0.3, -0.25) is 4.79 Å². The molecule has 6 heteroatoms. The van der Waals surface area contributed by atoms with E-state index in [4.69, 9.17) is 5.73 Å². The van der Waals surface area contributed by atoms with Gasteiger partial charge in [0.15, 0.2) is 5.96 Å². The van der Waals surface area contributed by atoms with Crippen molar-refractivity contribution in [1.82, 2.24) is 10.6 Å². The summed E-state index contributed by atoms with van der Waals surface area (Å²) < 4.78 is 0. The maximum absolute atomic E-state index is 11.4. The van der Waals surface area contributed by atoms with Crippen LogP contribution in [0.4, 0.5) is 0 Å². The molecule has 5 nitrogen and oxygen atoms in total. The SMILES string of the molecule is CCCNC(=O)CN=C(N)NC1CCCCCC1.I. The van der Waals surface area contributed by atoms with Gasteiger partial charge < -0.3 is 16.4 Å². The maximum atomic E-state index is 11.4. The molecule has 0 spiro atoms. The number of carbonyl (C=O) groups excluding carboxylic acids is 1. The first-order valence-corrected chi connectivity index (χ1v) is 7.05. The van der Waals surface area contributed by atoms with Crippen molar-refractivity contribution in [3.05, 3.63) is 0 Å². The van der Waals surface area contributed by atoms with Crippen LogP contribution in [0.15, 0.2) is 4.99 Å². The number of hydrogen-bond acceptors (Lipinski definition) is 2. The molecule has 19 heavy (non-hydrogen) atoms. The largest absolute Gasteiger partial charge is 0.370 e. The van der Waals surface area contributed by atoms with Crippen LogP contribution in [0.25, 0.3) is 0 Å². The number of rotatable bonds is 5. The fourth-order valence-corrected chi connectivity index (χ4v) is 2.16. The highest BCUT2D eigenvalue weighted by Crippen LogP contribution is 2.16. The Bertz CT molecular complexity index is 276. The Morgan fingerprint density at radius 3 is 2.47 bits per heavy atom. The molecule has 112 valence electrons. The van der Waals surface area contributed by atoms with Crippen molar-refractivity contribution in [3.8, 4) is 0 Å². The molecule has 0 aliphatic heterocycles. The predicted molar refractivity (Wildman–Crippen MR) is 89.8 cm³/mol. The monoisotopic (exact) mass is 382 g/mol. The van der Waals surface area contributed by atoms with Crippen LogP contribution in [0.2, 0.25) is 0 Å². The van der Waals surface area contributed by atoms with E-state index < -0.39 is 0 Å². The summed E-state index contributed by atoms with van der Waals surface area (Å²) in [5.41, 5.74) is 5.79. The van der Waals surface area contributed by atoms with E-state index >= 15 is 0 Å². The van der Waals surface area contributed by atoms with E-state index in [1.165, 1.54) is 25.7 Å². The normalized spacial score (nSPS) is 17.2. The number of nitrogens with one attached hydrogen (secondary N) is 2. The first-order valence-electron chi connectivity index (χ1n) is 7.05. The van der Waals surface area contributed by atoms with Crippen molar-refractivity contribution in [1.29, 1.82) is 0 Å². The van der Waals surface area contributed by atoms with E-state index in [1.54, 1.807) is 0 Å². The molecule has 0 aromatic rings. The standard InChI is InChI=1S/C13H26N4O.HI/c1-2-9-15-12(18)10-16-13(14)17-11-7-5-3-4-6-8-11;/h11H,2-10H2,1H3,(H,15,18)(H3,14,16,17);1H. The lowest BCUT2D eigenvalue weighted by Gasteiger charge is -2.16. The van der Waals surface area contributed by atoms with Gasteiger partial charge in [-0.15, -0.1) is 24.0 Å². The first-order chi connectivity index (χ1) is 8.72. The zero-order valence-corrected chi connectivity index (χ0v) is 14.1. The zero-order valence-electron chi connectivity index (χ0n) is 11.8. The average molecular weight is 382 g/mol. The minimum Gasteiger partial charge on any atom is -0.370 e. The number of guanidine groups is 1. The molecule has 0 unspecified atom stereocenters. The van der Waals surface area contributed by atoms with Gasteiger partial charge in [0.05, 0.1) is 0 Å². The lowest BCUT2D eigenvalue weighted by atomic mass is 10.1. The summed E-state index contributed by atoms with van der Waals surface area (Å²) in [7, 11) is 0. The zero-order chi connectivity index (χ0) is 13.2. The van der Waals surface area contributed by atoms with Crippen molar-refractivity contribution in [2.75, 3.05) is 13.1 Å². The Morgan fingerprint density at radius 2 is 1.89 bits per heavy atom. The van der Waals surface area contributed by atoms with Gasteiger partial charge in [-0.2, -0.15) is 0 Å². The van der Waals surface area contributed by atoms with Crippen LogP contribution < -0.4 is 16.4 Å².